The summed E-state index contributed by atoms with van der Waals surface area (Å²) in [5, 5.41) is 4.61. The van der Waals surface area contributed by atoms with Crippen LogP contribution in [0.5, 0.6) is 0 Å². The minimum absolute atomic E-state index is 0.0151. The molecule has 0 saturated heterocycles. The number of carbonyl (C=O) groups excluding carboxylic acids is 3. The molecule has 0 aliphatic heterocycles. The summed E-state index contributed by atoms with van der Waals surface area (Å²) >= 11 is 18.7. The monoisotopic (exact) mass is 737 g/mol. The van der Waals surface area contributed by atoms with Gasteiger partial charge in [-0.15, -0.1) is 23.2 Å². The molecule has 1 saturated carbocycles. The van der Waals surface area contributed by atoms with Crippen molar-refractivity contribution in [3.8, 4) is 0 Å². The van der Waals surface area contributed by atoms with Gasteiger partial charge in [0.1, 0.15) is 27.3 Å². The van der Waals surface area contributed by atoms with Crippen LogP contribution >= 0.6 is 34.8 Å². The molecule has 48 heavy (non-hydrogen) atoms. The molecular weight excluding hydrogens is 711 g/mol. The second-order valence-electron chi connectivity index (χ2n) is 11.9. The zero-order valence-corrected chi connectivity index (χ0v) is 27.9. The third-order valence-electron chi connectivity index (χ3n) is 7.12. The molecule has 4 rings (SSSR count). The molecule has 2 N–H and O–H groups in total. The van der Waals surface area contributed by atoms with Crippen LogP contribution in [0.1, 0.15) is 61.5 Å². The maximum atomic E-state index is 15.7. The van der Waals surface area contributed by atoms with E-state index in [4.69, 9.17) is 39.5 Å². The Balaban J connectivity index is 1.56. The third kappa shape index (κ3) is 7.95. The number of halogens is 9. The van der Waals surface area contributed by atoms with E-state index in [2.05, 4.69) is 10.6 Å². The van der Waals surface area contributed by atoms with Crippen LogP contribution in [-0.2, 0) is 15.7 Å². The van der Waals surface area contributed by atoms with Crippen LogP contribution in [0.2, 0.25) is 5.02 Å². The van der Waals surface area contributed by atoms with Gasteiger partial charge in [0.25, 0.3) is 5.91 Å². The van der Waals surface area contributed by atoms with Gasteiger partial charge in [-0.1, -0.05) is 24.6 Å². The fraction of sp³-hybridized carbons (Fsp3) is 0.344. The predicted octanol–water partition coefficient (Wildman–Crippen LogP) is 9.71. The highest BCUT2D eigenvalue weighted by Gasteiger charge is 2.67. The average Bonchev–Trinajstić information content (AvgIpc) is 3.55. The Morgan fingerprint density at radius 3 is 2.19 bits per heavy atom. The highest BCUT2D eigenvalue weighted by molar-refractivity contribution is 6.53. The van der Waals surface area contributed by atoms with Crippen molar-refractivity contribution in [3.05, 3.63) is 87.7 Å². The molecule has 16 heteroatoms. The number of benzene rings is 3. The van der Waals surface area contributed by atoms with Gasteiger partial charge in [-0.05, 0) is 75.2 Å². The lowest BCUT2D eigenvalue weighted by Gasteiger charge is -2.28. The molecule has 0 heterocycles. The fourth-order valence-electron chi connectivity index (χ4n) is 4.93. The molecule has 3 aromatic carbocycles. The van der Waals surface area contributed by atoms with Gasteiger partial charge in [0, 0.05) is 18.2 Å². The first kappa shape index (κ1) is 37.1. The Morgan fingerprint density at radius 2 is 1.58 bits per heavy atom. The smallest absolute Gasteiger partial charge is 0.419 e. The number of hydrogen-bond acceptors (Lipinski definition) is 4. The van der Waals surface area contributed by atoms with Gasteiger partial charge in [0.15, 0.2) is 5.82 Å². The molecule has 258 valence electrons. The number of carbonyl (C=O) groups is 3. The van der Waals surface area contributed by atoms with Crippen molar-refractivity contribution in [1.82, 2.24) is 0 Å². The molecule has 7 nitrogen and oxygen atoms in total. The van der Waals surface area contributed by atoms with E-state index < -0.39 is 80.2 Å². The molecule has 3 amide bonds. The van der Waals surface area contributed by atoms with Gasteiger partial charge in [0.2, 0.25) is 5.91 Å². The molecule has 1 fully saturated rings. The summed E-state index contributed by atoms with van der Waals surface area (Å²) in [5.41, 5.74) is -4.15. The van der Waals surface area contributed by atoms with Crippen LogP contribution in [0.4, 0.5) is 48.2 Å². The van der Waals surface area contributed by atoms with E-state index in [1.165, 1.54) is 12.1 Å². The summed E-state index contributed by atoms with van der Waals surface area (Å²) in [4.78, 5) is 39.9. The second kappa shape index (κ2) is 13.7. The molecule has 0 unspecified atom stereocenters. The quantitative estimate of drug-likeness (QED) is 0.178. The minimum atomic E-state index is -5.00. The van der Waals surface area contributed by atoms with Crippen molar-refractivity contribution in [3.63, 3.8) is 0 Å². The first-order chi connectivity index (χ1) is 22.2. The Hall–Kier alpha value is -3.68. The first-order valence-corrected chi connectivity index (χ1v) is 15.5. The molecule has 1 aliphatic carbocycles. The van der Waals surface area contributed by atoms with Crippen LogP contribution in [0.3, 0.4) is 0 Å². The van der Waals surface area contributed by atoms with Crippen molar-refractivity contribution in [2.75, 3.05) is 22.1 Å². The normalized spacial score (nSPS) is 17.0. The number of alkyl halides is 5. The molecule has 3 aromatic rings. The van der Waals surface area contributed by atoms with Gasteiger partial charge in [-0.2, -0.15) is 13.2 Å². The van der Waals surface area contributed by atoms with Crippen LogP contribution in [-0.4, -0.2) is 34.4 Å². The maximum absolute atomic E-state index is 15.7. The van der Waals surface area contributed by atoms with E-state index >= 15 is 4.39 Å². The number of rotatable bonds is 8. The van der Waals surface area contributed by atoms with Gasteiger partial charge in [-0.25, -0.2) is 18.0 Å². The average molecular weight is 739 g/mol. The van der Waals surface area contributed by atoms with E-state index in [0.717, 1.165) is 29.2 Å². The minimum Gasteiger partial charge on any atom is -0.443 e. The number of amides is 3. The molecule has 0 radical (unpaired) electrons. The third-order valence-corrected chi connectivity index (χ3v) is 8.39. The lowest BCUT2D eigenvalue weighted by Crippen LogP contribution is -2.38. The number of ether oxygens (including phenoxy) is 1. The molecule has 0 bridgehead atoms. The lowest BCUT2D eigenvalue weighted by molar-refractivity contribution is -0.140. The van der Waals surface area contributed by atoms with Crippen molar-refractivity contribution in [2.45, 2.75) is 56.1 Å². The van der Waals surface area contributed by atoms with Gasteiger partial charge in [0.05, 0.1) is 27.8 Å². The number of anilines is 3. The van der Waals surface area contributed by atoms with E-state index in [1.54, 1.807) is 27.7 Å². The van der Waals surface area contributed by atoms with Crippen LogP contribution < -0.4 is 15.5 Å². The van der Waals surface area contributed by atoms with E-state index in [9.17, 15) is 36.3 Å². The zero-order chi connectivity index (χ0) is 35.9. The molecule has 1 aliphatic rings. The van der Waals surface area contributed by atoms with Crippen molar-refractivity contribution < 1.29 is 45.5 Å². The Morgan fingerprint density at radius 1 is 0.938 bits per heavy atom. The highest BCUT2D eigenvalue weighted by Crippen LogP contribution is 2.65. The van der Waals surface area contributed by atoms with Gasteiger partial charge >= 0.3 is 12.3 Å². The van der Waals surface area contributed by atoms with Gasteiger partial charge < -0.3 is 15.4 Å². The summed E-state index contributed by atoms with van der Waals surface area (Å²) < 4.78 is 87.6. The SMILES string of the molecule is CCCN(C(=O)OC(C)(C)C)c1c(F)ccc(NC(=O)c2cc(NC(=O)[C@H]3[C@H](c4ccc(F)c(C(F)(F)F)c4)C3(Cl)Cl)ccc2Cl)c1F. The maximum Gasteiger partial charge on any atom is 0.419 e. The van der Waals surface area contributed by atoms with Crippen molar-refractivity contribution in [2.24, 2.45) is 5.92 Å². The Bertz CT molecular complexity index is 1760. The van der Waals surface area contributed by atoms with Crippen LogP contribution in [0, 0.1) is 23.4 Å². The number of nitrogens with one attached hydrogen (secondary N) is 2. The fourth-order valence-corrected chi connectivity index (χ4v) is 5.96. The first-order valence-electron chi connectivity index (χ1n) is 14.3. The number of hydrogen-bond donors (Lipinski definition) is 2. The molecule has 0 aromatic heterocycles. The van der Waals surface area contributed by atoms with Crippen molar-refractivity contribution >= 4 is 69.8 Å². The highest BCUT2D eigenvalue weighted by atomic mass is 35.5. The zero-order valence-electron chi connectivity index (χ0n) is 25.7. The molecule has 2 atom stereocenters. The predicted molar refractivity (Wildman–Crippen MR) is 170 cm³/mol. The van der Waals surface area contributed by atoms with E-state index in [1.807, 2.05) is 0 Å². The summed E-state index contributed by atoms with van der Waals surface area (Å²) in [6.07, 6.45) is -5.69. The van der Waals surface area contributed by atoms with Crippen LogP contribution in [0.15, 0.2) is 48.5 Å². The van der Waals surface area contributed by atoms with Crippen LogP contribution in [0.25, 0.3) is 0 Å². The lowest BCUT2D eigenvalue weighted by atomic mass is 10.0. The summed E-state index contributed by atoms with van der Waals surface area (Å²) in [6.45, 7) is 6.33. The largest absolute Gasteiger partial charge is 0.443 e. The topological polar surface area (TPSA) is 87.7 Å². The molecule has 0 spiro atoms. The standard InChI is InChI=1S/C32H28Cl3F6N3O4/c1-5-12-44(29(47)48-30(2,3)4)26-21(37)10-11-22(25(26)38)43-27(45)17-14-16(7-8-19(17)33)42-28(46)24-23(31(24,34)35)15-6-9-20(36)18(13-15)32(39,40)41/h6-11,13-14,23-24H,5,12H2,1-4H3,(H,42,46)(H,43,45)/t23-,24+/m0/s1. The number of nitrogens with zero attached hydrogens (tertiary/aromatic N) is 1. The Labute approximate surface area is 286 Å². The summed E-state index contributed by atoms with van der Waals surface area (Å²) in [7, 11) is 0. The summed E-state index contributed by atoms with van der Waals surface area (Å²) in [6, 6.07) is 7.65. The van der Waals surface area contributed by atoms with E-state index in [0.29, 0.717) is 18.6 Å². The second-order valence-corrected chi connectivity index (χ2v) is 13.7. The molecular formula is C32H28Cl3F6N3O4. The van der Waals surface area contributed by atoms with E-state index in [-0.39, 0.29) is 28.4 Å². The summed E-state index contributed by atoms with van der Waals surface area (Å²) in [5.74, 6) is -8.05. The Kier molecular flexibility index (Phi) is 10.6. The van der Waals surface area contributed by atoms with Crippen molar-refractivity contribution in [1.29, 1.82) is 0 Å². The van der Waals surface area contributed by atoms with Gasteiger partial charge in [-0.3, -0.25) is 14.5 Å².